The topological polar surface area (TPSA) is 89.0 Å². The highest BCUT2D eigenvalue weighted by atomic mass is 35.5. The van der Waals surface area contributed by atoms with Crippen LogP contribution in [-0.4, -0.2) is 33.4 Å². The summed E-state index contributed by atoms with van der Waals surface area (Å²) in [6, 6.07) is 11.0. The molecular weight excluding hydrogens is 406 g/mol. The predicted octanol–water partition coefficient (Wildman–Crippen LogP) is 4.46. The van der Waals surface area contributed by atoms with E-state index in [9.17, 15) is 4.79 Å². The summed E-state index contributed by atoms with van der Waals surface area (Å²) in [6.07, 6.45) is 1.56. The smallest absolute Gasteiger partial charge is 0.234 e. The lowest BCUT2D eigenvalue weighted by Crippen LogP contribution is -2.14. The molecule has 0 unspecified atom stereocenters. The first-order chi connectivity index (χ1) is 13.2. The van der Waals surface area contributed by atoms with E-state index in [-0.39, 0.29) is 16.8 Å². The number of pyridine rings is 1. The third-order valence-electron chi connectivity index (χ3n) is 3.19. The third kappa shape index (κ3) is 5.56. The predicted molar refractivity (Wildman–Crippen MR) is 109 cm³/mol. The molecule has 0 radical (unpaired) electrons. The molecule has 27 heavy (non-hydrogen) atoms. The number of aromatic nitrogens is 3. The van der Waals surface area contributed by atoms with Crippen LogP contribution in [0.2, 0.25) is 5.15 Å². The Morgan fingerprint density at radius 3 is 2.85 bits per heavy atom. The number of halogens is 1. The van der Waals surface area contributed by atoms with Crippen molar-refractivity contribution in [2.24, 2.45) is 0 Å². The molecule has 140 valence electrons. The lowest BCUT2D eigenvalue weighted by atomic mass is 10.3. The number of nitrogens with one attached hydrogen (secondary N) is 2. The van der Waals surface area contributed by atoms with Crippen LogP contribution in [0, 0.1) is 0 Å². The maximum Gasteiger partial charge on any atom is 0.234 e. The van der Waals surface area contributed by atoms with E-state index in [4.69, 9.17) is 16.3 Å². The first-order valence-corrected chi connectivity index (χ1v) is 10.2. The van der Waals surface area contributed by atoms with Gasteiger partial charge in [0, 0.05) is 6.20 Å². The third-order valence-corrected chi connectivity index (χ3v) is 5.47. The van der Waals surface area contributed by atoms with Crippen LogP contribution in [-0.2, 0) is 4.79 Å². The van der Waals surface area contributed by atoms with Gasteiger partial charge in [0.1, 0.15) is 5.75 Å². The molecule has 0 bridgehead atoms. The number of thioether (sulfide) groups is 1. The minimum absolute atomic E-state index is 0.190. The van der Waals surface area contributed by atoms with Crippen molar-refractivity contribution < 1.29 is 9.53 Å². The molecule has 2 N–H and O–H groups in total. The van der Waals surface area contributed by atoms with Crippen LogP contribution < -0.4 is 15.4 Å². The first-order valence-electron chi connectivity index (χ1n) is 8.01. The fourth-order valence-electron chi connectivity index (χ4n) is 2.08. The zero-order valence-corrected chi connectivity index (χ0v) is 16.7. The number of anilines is 3. The van der Waals surface area contributed by atoms with Gasteiger partial charge in [-0.3, -0.25) is 4.79 Å². The molecule has 7 nitrogen and oxygen atoms in total. The number of carbonyl (C=O) groups is 1. The molecule has 0 saturated carbocycles. The summed E-state index contributed by atoms with van der Waals surface area (Å²) in [4.78, 5) is 16.0. The number of rotatable bonds is 8. The molecule has 3 aromatic rings. The second-order valence-corrected chi connectivity index (χ2v) is 7.66. The molecule has 2 aromatic heterocycles. The van der Waals surface area contributed by atoms with Crippen molar-refractivity contribution in [3.8, 4) is 5.75 Å². The number of carbonyl (C=O) groups excluding carboxylic acids is 1. The van der Waals surface area contributed by atoms with Crippen molar-refractivity contribution in [3.63, 3.8) is 0 Å². The Morgan fingerprint density at radius 2 is 2.04 bits per heavy atom. The van der Waals surface area contributed by atoms with Gasteiger partial charge in [0.05, 0.1) is 23.7 Å². The summed E-state index contributed by atoms with van der Waals surface area (Å²) >= 11 is 8.59. The van der Waals surface area contributed by atoms with Gasteiger partial charge in [-0.15, -0.1) is 10.2 Å². The highest BCUT2D eigenvalue weighted by Gasteiger charge is 2.11. The molecule has 10 heteroatoms. The molecule has 0 fully saturated rings. The maximum atomic E-state index is 12.1. The quantitative estimate of drug-likeness (QED) is 0.410. The molecule has 0 saturated heterocycles. The van der Waals surface area contributed by atoms with Gasteiger partial charge in [0.2, 0.25) is 11.0 Å². The van der Waals surface area contributed by atoms with Gasteiger partial charge in [0.15, 0.2) is 9.49 Å². The Bertz CT molecular complexity index is 922. The Morgan fingerprint density at radius 1 is 1.22 bits per heavy atom. The second kappa shape index (κ2) is 9.54. The van der Waals surface area contributed by atoms with E-state index in [2.05, 4.69) is 25.8 Å². The van der Waals surface area contributed by atoms with E-state index in [1.54, 1.807) is 18.3 Å². The highest BCUT2D eigenvalue weighted by Crippen LogP contribution is 2.31. The van der Waals surface area contributed by atoms with Crippen LogP contribution in [0.1, 0.15) is 6.92 Å². The van der Waals surface area contributed by atoms with Crippen LogP contribution in [0.25, 0.3) is 0 Å². The largest absolute Gasteiger partial charge is 0.492 e. The second-order valence-electron chi connectivity index (χ2n) is 5.11. The molecule has 0 spiro atoms. The van der Waals surface area contributed by atoms with Crippen LogP contribution in [0.3, 0.4) is 0 Å². The molecule has 2 heterocycles. The van der Waals surface area contributed by atoms with E-state index < -0.39 is 0 Å². The molecule has 1 aromatic carbocycles. The van der Waals surface area contributed by atoms with E-state index in [0.29, 0.717) is 21.8 Å². The van der Waals surface area contributed by atoms with Crippen LogP contribution in [0.15, 0.2) is 46.9 Å². The van der Waals surface area contributed by atoms with Crippen LogP contribution in [0.5, 0.6) is 5.75 Å². The number of benzene rings is 1. The van der Waals surface area contributed by atoms with Gasteiger partial charge in [-0.05, 0) is 31.2 Å². The molecule has 0 aliphatic rings. The van der Waals surface area contributed by atoms with E-state index >= 15 is 0 Å². The Labute approximate surface area is 169 Å². The minimum atomic E-state index is -0.193. The van der Waals surface area contributed by atoms with Crippen LogP contribution >= 0.6 is 34.7 Å². The minimum Gasteiger partial charge on any atom is -0.492 e. The molecule has 1 amide bonds. The lowest BCUT2D eigenvalue weighted by Gasteiger charge is -2.09. The van der Waals surface area contributed by atoms with Gasteiger partial charge in [-0.25, -0.2) is 4.98 Å². The van der Waals surface area contributed by atoms with Gasteiger partial charge in [-0.1, -0.05) is 46.8 Å². The summed E-state index contributed by atoms with van der Waals surface area (Å²) in [5, 5.41) is 15.0. The van der Waals surface area contributed by atoms with Crippen molar-refractivity contribution >= 4 is 57.1 Å². The zero-order valence-electron chi connectivity index (χ0n) is 14.3. The number of ether oxygens (including phenoxy) is 1. The maximum absolute atomic E-state index is 12.1. The van der Waals surface area contributed by atoms with Gasteiger partial charge in [0.25, 0.3) is 0 Å². The fourth-order valence-corrected chi connectivity index (χ4v) is 3.81. The summed E-state index contributed by atoms with van der Waals surface area (Å²) in [5.74, 6) is 0.744. The fraction of sp³-hybridized carbons (Fsp3) is 0.176. The van der Waals surface area contributed by atoms with E-state index in [1.807, 2.05) is 31.2 Å². The normalized spacial score (nSPS) is 10.4. The molecule has 0 aliphatic carbocycles. The monoisotopic (exact) mass is 421 g/mol. The number of para-hydroxylation sites is 2. The average molecular weight is 422 g/mol. The van der Waals surface area contributed by atoms with Crippen molar-refractivity contribution in [1.82, 2.24) is 15.2 Å². The van der Waals surface area contributed by atoms with Crippen molar-refractivity contribution in [2.45, 2.75) is 11.3 Å². The Kier molecular flexibility index (Phi) is 6.86. The number of hydrogen-bond donors (Lipinski definition) is 2. The number of amides is 1. The van der Waals surface area contributed by atoms with Gasteiger partial charge < -0.3 is 15.4 Å². The van der Waals surface area contributed by atoms with E-state index in [1.165, 1.54) is 23.1 Å². The summed E-state index contributed by atoms with van der Waals surface area (Å²) in [5.41, 5.74) is 1.30. The molecular formula is C17H16ClN5O2S2. The van der Waals surface area contributed by atoms with Crippen molar-refractivity contribution in [3.05, 3.63) is 47.7 Å². The Balaban J connectivity index is 1.55. The van der Waals surface area contributed by atoms with Crippen molar-refractivity contribution in [2.75, 3.05) is 23.0 Å². The number of hydrogen-bond acceptors (Lipinski definition) is 8. The highest BCUT2D eigenvalue weighted by molar-refractivity contribution is 8.01. The van der Waals surface area contributed by atoms with Gasteiger partial charge >= 0.3 is 0 Å². The lowest BCUT2D eigenvalue weighted by molar-refractivity contribution is -0.113. The standard InChI is InChI=1S/C17H16ClN5O2S2/c1-2-25-13-8-4-3-6-11(13)21-16-22-23-17(27-16)26-10-14(24)20-12-7-5-9-19-15(12)18/h3-9H,2,10H2,1H3,(H,20,24)(H,21,22). The van der Waals surface area contributed by atoms with Crippen LogP contribution in [0.4, 0.5) is 16.5 Å². The Hall–Kier alpha value is -2.36. The summed E-state index contributed by atoms with van der Waals surface area (Å²) in [6.45, 7) is 2.51. The van der Waals surface area contributed by atoms with Crippen molar-refractivity contribution in [1.29, 1.82) is 0 Å². The SMILES string of the molecule is CCOc1ccccc1Nc1nnc(SCC(=O)Nc2cccnc2Cl)s1. The first kappa shape index (κ1) is 19.4. The summed E-state index contributed by atoms with van der Waals surface area (Å²) in [7, 11) is 0. The number of nitrogens with zero attached hydrogens (tertiary/aromatic N) is 3. The molecule has 3 rings (SSSR count). The molecule has 0 atom stereocenters. The molecule has 0 aliphatic heterocycles. The average Bonchev–Trinajstić information content (AvgIpc) is 3.11. The summed E-state index contributed by atoms with van der Waals surface area (Å²) < 4.78 is 6.26. The van der Waals surface area contributed by atoms with E-state index in [0.717, 1.165) is 11.4 Å². The van der Waals surface area contributed by atoms with Gasteiger partial charge in [-0.2, -0.15) is 0 Å². The zero-order chi connectivity index (χ0) is 19.1.